The minimum absolute atomic E-state index is 0.620. The van der Waals surface area contributed by atoms with Crippen molar-refractivity contribution in [2.24, 2.45) is 0 Å². The van der Waals surface area contributed by atoms with Gasteiger partial charge in [0.25, 0.3) is 0 Å². The Bertz CT molecular complexity index is 501. The van der Waals surface area contributed by atoms with Gasteiger partial charge in [0.2, 0.25) is 0 Å². The Kier molecular flexibility index (Phi) is 5.59. The van der Waals surface area contributed by atoms with Crippen LogP contribution in [0.5, 0.6) is 0 Å². The Morgan fingerprint density at radius 2 is 2.00 bits per heavy atom. The third-order valence-electron chi connectivity index (χ3n) is 3.70. The van der Waals surface area contributed by atoms with Crippen molar-refractivity contribution in [2.45, 2.75) is 12.5 Å². The van der Waals surface area contributed by atoms with Gasteiger partial charge in [0.1, 0.15) is 0 Å². The number of nitrogens with zero attached hydrogens (tertiary/aromatic N) is 2. The summed E-state index contributed by atoms with van der Waals surface area (Å²) in [4.78, 5) is 2.33. The molecule has 2 rings (SSSR count). The third-order valence-corrected chi connectivity index (χ3v) is 5.24. The summed E-state index contributed by atoms with van der Waals surface area (Å²) in [6, 6.07) is 12.8. The first-order valence-electron chi connectivity index (χ1n) is 6.75. The molecule has 0 aliphatic carbocycles. The summed E-state index contributed by atoms with van der Waals surface area (Å²) in [5.74, 6) is 2.20. The van der Waals surface area contributed by atoms with Crippen molar-refractivity contribution in [3.63, 3.8) is 0 Å². The third kappa shape index (κ3) is 2.90. The van der Waals surface area contributed by atoms with E-state index in [1.54, 1.807) is 11.8 Å². The van der Waals surface area contributed by atoms with E-state index in [0.29, 0.717) is 0 Å². The lowest BCUT2D eigenvalue weighted by Crippen LogP contribution is -2.50. The van der Waals surface area contributed by atoms with Crippen molar-refractivity contribution in [3.8, 4) is 6.07 Å². The van der Waals surface area contributed by atoms with Crippen LogP contribution in [-0.4, -0.2) is 35.8 Å². The van der Waals surface area contributed by atoms with Gasteiger partial charge < -0.3 is 0 Å². The van der Waals surface area contributed by atoms with E-state index in [2.05, 4.69) is 35.4 Å². The van der Waals surface area contributed by atoms with E-state index in [-0.39, 0.29) is 0 Å². The van der Waals surface area contributed by atoms with Crippen molar-refractivity contribution < 1.29 is 0 Å². The summed E-state index contributed by atoms with van der Waals surface area (Å²) in [7, 11) is 0. The van der Waals surface area contributed by atoms with Crippen molar-refractivity contribution in [1.82, 2.24) is 4.90 Å². The molecule has 0 spiro atoms. The molecule has 1 fully saturated rings. The van der Waals surface area contributed by atoms with Crippen LogP contribution in [0, 0.1) is 11.3 Å². The Balaban J connectivity index is 2.52. The number of nitriles is 1. The maximum absolute atomic E-state index is 10.0. The highest BCUT2D eigenvalue weighted by molar-refractivity contribution is 8.01. The molecule has 1 atom stereocenters. The molecule has 0 radical (unpaired) electrons. The molecule has 106 valence electrons. The normalized spacial score (nSPS) is 20.1. The van der Waals surface area contributed by atoms with Crippen LogP contribution in [0.15, 0.2) is 41.3 Å². The fourth-order valence-corrected chi connectivity index (χ4v) is 4.15. The highest BCUT2D eigenvalue weighted by atomic mass is 32.2. The average molecular weight is 304 g/mol. The molecule has 20 heavy (non-hydrogen) atoms. The second kappa shape index (κ2) is 7.21. The fourth-order valence-electron chi connectivity index (χ4n) is 2.72. The lowest BCUT2D eigenvalue weighted by molar-refractivity contribution is 0.185. The topological polar surface area (TPSA) is 27.0 Å². The molecule has 0 amide bonds. The number of thioether (sulfide) groups is 2. The first-order chi connectivity index (χ1) is 9.75. The smallest absolute Gasteiger partial charge is 0.156 e. The van der Waals surface area contributed by atoms with Gasteiger partial charge in [-0.25, -0.2) is 0 Å². The molecule has 0 unspecified atom stereocenters. The minimum atomic E-state index is -0.620. The summed E-state index contributed by atoms with van der Waals surface area (Å²) in [5.41, 5.74) is 1.58. The SMILES string of the molecule is CS/C=C(/C)[C@@](C#N)(c1ccccc1)N1CCSCC1. The lowest BCUT2D eigenvalue weighted by atomic mass is 9.83. The van der Waals surface area contributed by atoms with E-state index in [1.165, 1.54) is 0 Å². The molecular formula is C16H20N2S2. The van der Waals surface area contributed by atoms with Crippen LogP contribution in [0.25, 0.3) is 0 Å². The maximum Gasteiger partial charge on any atom is 0.156 e. The first-order valence-corrected chi connectivity index (χ1v) is 9.19. The van der Waals surface area contributed by atoms with Gasteiger partial charge in [0.15, 0.2) is 5.54 Å². The number of benzene rings is 1. The highest BCUT2D eigenvalue weighted by Crippen LogP contribution is 2.37. The molecule has 1 aliphatic heterocycles. The quantitative estimate of drug-likeness (QED) is 0.847. The summed E-state index contributed by atoms with van der Waals surface area (Å²) in [5, 5.41) is 12.1. The number of rotatable bonds is 4. The van der Waals surface area contributed by atoms with Gasteiger partial charge in [0.05, 0.1) is 6.07 Å². The summed E-state index contributed by atoms with van der Waals surface area (Å²) in [6.45, 7) is 4.01. The Morgan fingerprint density at radius 3 is 2.55 bits per heavy atom. The van der Waals surface area contributed by atoms with Crippen molar-refractivity contribution in [3.05, 3.63) is 46.9 Å². The first kappa shape index (κ1) is 15.5. The molecule has 1 aromatic rings. The van der Waals surface area contributed by atoms with Gasteiger partial charge >= 0.3 is 0 Å². The van der Waals surface area contributed by atoms with Gasteiger partial charge in [-0.3, -0.25) is 4.90 Å². The van der Waals surface area contributed by atoms with Crippen LogP contribution < -0.4 is 0 Å². The Hall–Kier alpha value is -0.890. The molecule has 4 heteroatoms. The van der Waals surface area contributed by atoms with Crippen LogP contribution in [0.1, 0.15) is 12.5 Å². The largest absolute Gasteiger partial charge is 0.277 e. The predicted octanol–water partition coefficient (Wildman–Crippen LogP) is 3.72. The van der Waals surface area contributed by atoms with Crippen molar-refractivity contribution in [1.29, 1.82) is 5.26 Å². The standard InChI is InChI=1S/C16H20N2S2/c1-14(12-19-2)16(13-17,15-6-4-3-5-7-15)18-8-10-20-11-9-18/h3-7,12H,8-11H2,1-2H3/b14-12-/t16-/m0/s1. The molecular weight excluding hydrogens is 284 g/mol. The average Bonchev–Trinajstić information content (AvgIpc) is 2.51. The van der Waals surface area contributed by atoms with Gasteiger partial charge in [-0.05, 0) is 29.7 Å². The summed E-state index contributed by atoms with van der Waals surface area (Å²) < 4.78 is 0. The zero-order valence-corrected chi connectivity index (χ0v) is 13.6. The van der Waals surface area contributed by atoms with Crippen LogP contribution >= 0.6 is 23.5 Å². The van der Waals surface area contributed by atoms with E-state index in [0.717, 1.165) is 35.7 Å². The van der Waals surface area contributed by atoms with E-state index >= 15 is 0 Å². The molecule has 1 saturated heterocycles. The summed E-state index contributed by atoms with van der Waals surface area (Å²) in [6.07, 6.45) is 2.04. The molecule has 1 aromatic carbocycles. The molecule has 1 heterocycles. The van der Waals surface area contributed by atoms with Crippen molar-refractivity contribution in [2.75, 3.05) is 30.9 Å². The second-order valence-corrected chi connectivity index (χ2v) is 6.76. The zero-order chi connectivity index (χ0) is 14.4. The number of hydrogen-bond acceptors (Lipinski definition) is 4. The monoisotopic (exact) mass is 304 g/mol. The fraction of sp³-hybridized carbons (Fsp3) is 0.438. The van der Waals surface area contributed by atoms with Gasteiger partial charge in [0, 0.05) is 24.6 Å². The molecule has 0 bridgehead atoms. The second-order valence-electron chi connectivity index (χ2n) is 4.82. The highest BCUT2D eigenvalue weighted by Gasteiger charge is 2.41. The van der Waals surface area contributed by atoms with Crippen LogP contribution in [-0.2, 0) is 5.54 Å². The minimum Gasteiger partial charge on any atom is -0.277 e. The Morgan fingerprint density at radius 1 is 1.35 bits per heavy atom. The molecule has 2 nitrogen and oxygen atoms in total. The van der Waals surface area contributed by atoms with E-state index < -0.39 is 5.54 Å². The van der Waals surface area contributed by atoms with E-state index in [4.69, 9.17) is 0 Å². The molecule has 0 N–H and O–H groups in total. The Labute approximate surface area is 130 Å². The van der Waals surface area contributed by atoms with E-state index in [1.807, 2.05) is 36.2 Å². The molecule has 0 saturated carbocycles. The predicted molar refractivity (Wildman–Crippen MR) is 89.9 cm³/mol. The van der Waals surface area contributed by atoms with Crippen LogP contribution in [0.3, 0.4) is 0 Å². The number of hydrogen-bond donors (Lipinski definition) is 0. The van der Waals surface area contributed by atoms with Crippen molar-refractivity contribution >= 4 is 23.5 Å². The molecule has 0 aromatic heterocycles. The summed E-state index contributed by atoms with van der Waals surface area (Å²) >= 11 is 3.64. The van der Waals surface area contributed by atoms with E-state index in [9.17, 15) is 5.26 Å². The zero-order valence-electron chi connectivity index (χ0n) is 12.0. The lowest BCUT2D eigenvalue weighted by Gasteiger charge is -2.42. The molecule has 1 aliphatic rings. The maximum atomic E-state index is 10.0. The van der Waals surface area contributed by atoms with Gasteiger partial charge in [-0.2, -0.15) is 17.0 Å². The van der Waals surface area contributed by atoms with Crippen LogP contribution in [0.2, 0.25) is 0 Å². The van der Waals surface area contributed by atoms with Gasteiger partial charge in [-0.1, -0.05) is 30.3 Å². The van der Waals surface area contributed by atoms with Crippen LogP contribution in [0.4, 0.5) is 0 Å². The van der Waals surface area contributed by atoms with Gasteiger partial charge in [-0.15, -0.1) is 11.8 Å².